The molecule has 1 aromatic rings. The van der Waals surface area contributed by atoms with Gasteiger partial charge in [-0.25, -0.2) is 4.39 Å². The second-order valence-corrected chi connectivity index (χ2v) is 5.37. The highest BCUT2D eigenvalue weighted by atomic mass is 32.2. The molecule has 94 valence electrons. The van der Waals surface area contributed by atoms with Gasteiger partial charge in [0.2, 0.25) is 0 Å². The first-order chi connectivity index (χ1) is 8.16. The van der Waals surface area contributed by atoms with Crippen molar-refractivity contribution < 1.29 is 14.2 Å². The van der Waals surface area contributed by atoms with E-state index in [4.69, 9.17) is 4.74 Å². The highest BCUT2D eigenvalue weighted by Crippen LogP contribution is 2.27. The van der Waals surface area contributed by atoms with Crippen molar-refractivity contribution in [3.8, 4) is 0 Å². The number of hydrogen-bond acceptors (Lipinski definition) is 3. The molecule has 0 bridgehead atoms. The molecule has 1 fully saturated rings. The Balaban J connectivity index is 1.96. The molecule has 1 aliphatic rings. The number of thioether (sulfide) groups is 1. The molecule has 0 spiro atoms. The van der Waals surface area contributed by atoms with Gasteiger partial charge >= 0.3 is 0 Å². The average molecular weight is 256 g/mol. The lowest BCUT2D eigenvalue weighted by Gasteiger charge is -2.10. The van der Waals surface area contributed by atoms with E-state index in [1.54, 1.807) is 19.1 Å². The molecule has 1 aliphatic heterocycles. The highest BCUT2D eigenvalue weighted by molar-refractivity contribution is 7.99. The van der Waals surface area contributed by atoms with E-state index in [0.717, 1.165) is 25.2 Å². The zero-order valence-corrected chi connectivity index (χ0v) is 10.7. The van der Waals surface area contributed by atoms with Gasteiger partial charge in [0.15, 0.2) is 0 Å². The third-order valence-electron chi connectivity index (χ3n) is 2.89. The monoisotopic (exact) mass is 256 g/mol. The Morgan fingerprint density at radius 1 is 1.59 bits per heavy atom. The standard InChI is InChI=1S/C13H17FO2S/c1-9(15)10-4-5-13(12(14)7-10)17-8-11-3-2-6-16-11/h4-5,7,9,11,15H,2-3,6,8H2,1H3. The Bertz CT molecular complexity index is 376. The number of halogens is 1. The fraction of sp³-hybridized carbons (Fsp3) is 0.538. The van der Waals surface area contributed by atoms with Crippen molar-refractivity contribution >= 4 is 11.8 Å². The largest absolute Gasteiger partial charge is 0.389 e. The number of hydrogen-bond donors (Lipinski definition) is 1. The van der Waals surface area contributed by atoms with Crippen molar-refractivity contribution in [2.75, 3.05) is 12.4 Å². The van der Waals surface area contributed by atoms with Crippen LogP contribution in [0.2, 0.25) is 0 Å². The van der Waals surface area contributed by atoms with Gasteiger partial charge in [-0.15, -0.1) is 11.8 Å². The first-order valence-corrected chi connectivity index (χ1v) is 6.87. The van der Waals surface area contributed by atoms with Crippen LogP contribution in [-0.2, 0) is 4.74 Å². The predicted molar refractivity (Wildman–Crippen MR) is 66.7 cm³/mol. The molecule has 0 amide bonds. The van der Waals surface area contributed by atoms with Crippen molar-refractivity contribution in [3.63, 3.8) is 0 Å². The number of benzene rings is 1. The summed E-state index contributed by atoms with van der Waals surface area (Å²) in [5.74, 6) is 0.539. The van der Waals surface area contributed by atoms with Gasteiger partial charge in [-0.3, -0.25) is 0 Å². The predicted octanol–water partition coefficient (Wildman–Crippen LogP) is 3.15. The summed E-state index contributed by atoms with van der Waals surface area (Å²) in [6.45, 7) is 2.46. The summed E-state index contributed by atoms with van der Waals surface area (Å²) in [6.07, 6.45) is 1.81. The Morgan fingerprint density at radius 2 is 2.41 bits per heavy atom. The van der Waals surface area contributed by atoms with Gasteiger partial charge in [0.25, 0.3) is 0 Å². The van der Waals surface area contributed by atoms with Crippen LogP contribution < -0.4 is 0 Å². The molecule has 0 aliphatic carbocycles. The van der Waals surface area contributed by atoms with Crippen molar-refractivity contribution in [2.24, 2.45) is 0 Å². The van der Waals surface area contributed by atoms with Crippen LogP contribution in [0.25, 0.3) is 0 Å². The quantitative estimate of drug-likeness (QED) is 0.839. The molecule has 2 unspecified atom stereocenters. The van der Waals surface area contributed by atoms with Crippen molar-refractivity contribution in [1.29, 1.82) is 0 Å². The second kappa shape index (κ2) is 5.85. The number of aliphatic hydroxyl groups is 1. The van der Waals surface area contributed by atoms with E-state index in [0.29, 0.717) is 10.5 Å². The average Bonchev–Trinajstić information content (AvgIpc) is 2.80. The fourth-order valence-corrected chi connectivity index (χ4v) is 2.84. The maximum atomic E-state index is 13.7. The van der Waals surface area contributed by atoms with Crippen LogP contribution in [0.5, 0.6) is 0 Å². The maximum absolute atomic E-state index is 13.7. The van der Waals surface area contributed by atoms with E-state index >= 15 is 0 Å². The van der Waals surface area contributed by atoms with Crippen LogP contribution in [0.3, 0.4) is 0 Å². The lowest BCUT2D eigenvalue weighted by atomic mass is 10.1. The fourth-order valence-electron chi connectivity index (χ4n) is 1.85. The SMILES string of the molecule is CC(O)c1ccc(SCC2CCCO2)c(F)c1. The molecule has 0 aromatic heterocycles. The van der Waals surface area contributed by atoms with Gasteiger partial charge in [0, 0.05) is 17.3 Å². The molecule has 0 saturated carbocycles. The number of rotatable bonds is 4. The molecule has 2 atom stereocenters. The second-order valence-electron chi connectivity index (χ2n) is 4.31. The molecule has 0 radical (unpaired) electrons. The van der Waals surface area contributed by atoms with Gasteiger partial charge in [-0.05, 0) is 37.5 Å². The summed E-state index contributed by atoms with van der Waals surface area (Å²) in [7, 11) is 0. The third-order valence-corrected chi connectivity index (χ3v) is 4.07. The van der Waals surface area contributed by atoms with Crippen LogP contribution in [0.4, 0.5) is 4.39 Å². The molecular weight excluding hydrogens is 239 g/mol. The summed E-state index contributed by atoms with van der Waals surface area (Å²) >= 11 is 1.48. The minimum absolute atomic E-state index is 0.258. The zero-order chi connectivity index (χ0) is 12.3. The van der Waals surface area contributed by atoms with Crippen LogP contribution in [-0.4, -0.2) is 23.6 Å². The smallest absolute Gasteiger partial charge is 0.137 e. The van der Waals surface area contributed by atoms with Crippen molar-refractivity contribution in [3.05, 3.63) is 29.6 Å². The van der Waals surface area contributed by atoms with E-state index < -0.39 is 6.10 Å². The van der Waals surface area contributed by atoms with E-state index in [2.05, 4.69) is 0 Å². The Labute approximate surface area is 105 Å². The van der Waals surface area contributed by atoms with Crippen LogP contribution in [0, 0.1) is 5.82 Å². The first kappa shape index (κ1) is 12.9. The van der Waals surface area contributed by atoms with Gasteiger partial charge in [0.1, 0.15) is 5.82 Å². The van der Waals surface area contributed by atoms with Gasteiger partial charge < -0.3 is 9.84 Å². The molecule has 1 N–H and O–H groups in total. The normalized spacial score (nSPS) is 21.7. The van der Waals surface area contributed by atoms with Gasteiger partial charge in [-0.2, -0.15) is 0 Å². The third kappa shape index (κ3) is 3.44. The van der Waals surface area contributed by atoms with E-state index in [9.17, 15) is 9.50 Å². The Morgan fingerprint density at radius 3 is 3.00 bits per heavy atom. The minimum Gasteiger partial charge on any atom is -0.389 e. The summed E-state index contributed by atoms with van der Waals surface area (Å²) in [4.78, 5) is 0.630. The Hall–Kier alpha value is -0.580. The number of aliphatic hydroxyl groups excluding tert-OH is 1. The lowest BCUT2D eigenvalue weighted by Crippen LogP contribution is -2.08. The van der Waals surface area contributed by atoms with Gasteiger partial charge in [-0.1, -0.05) is 6.07 Å². The van der Waals surface area contributed by atoms with E-state index in [1.807, 2.05) is 0 Å². The number of ether oxygens (including phenoxy) is 1. The first-order valence-electron chi connectivity index (χ1n) is 5.88. The van der Waals surface area contributed by atoms with Crippen LogP contribution in [0.15, 0.2) is 23.1 Å². The molecule has 17 heavy (non-hydrogen) atoms. The highest BCUT2D eigenvalue weighted by Gasteiger charge is 2.16. The van der Waals surface area contributed by atoms with E-state index in [-0.39, 0.29) is 11.9 Å². The summed E-state index contributed by atoms with van der Waals surface area (Å²) in [6, 6.07) is 4.91. The summed E-state index contributed by atoms with van der Waals surface area (Å²) in [5.41, 5.74) is 0.615. The topological polar surface area (TPSA) is 29.5 Å². The molecule has 1 aromatic carbocycles. The summed E-state index contributed by atoms with van der Waals surface area (Å²) in [5, 5.41) is 9.35. The molecule has 2 rings (SSSR count). The molecular formula is C13H17FO2S. The van der Waals surface area contributed by atoms with Gasteiger partial charge in [0.05, 0.1) is 12.2 Å². The van der Waals surface area contributed by atoms with E-state index in [1.165, 1.54) is 17.8 Å². The van der Waals surface area contributed by atoms with Crippen molar-refractivity contribution in [1.82, 2.24) is 0 Å². The minimum atomic E-state index is -0.623. The molecule has 1 heterocycles. The van der Waals surface area contributed by atoms with Crippen LogP contribution in [0.1, 0.15) is 31.4 Å². The Kier molecular flexibility index (Phi) is 4.42. The zero-order valence-electron chi connectivity index (χ0n) is 9.86. The molecule has 2 nitrogen and oxygen atoms in total. The van der Waals surface area contributed by atoms with Crippen LogP contribution >= 0.6 is 11.8 Å². The summed E-state index contributed by atoms with van der Waals surface area (Å²) < 4.78 is 19.2. The lowest BCUT2D eigenvalue weighted by molar-refractivity contribution is 0.129. The van der Waals surface area contributed by atoms with Crippen molar-refractivity contribution in [2.45, 2.75) is 36.9 Å². The molecule has 4 heteroatoms. The maximum Gasteiger partial charge on any atom is 0.137 e. The molecule has 1 saturated heterocycles.